The van der Waals surface area contributed by atoms with Gasteiger partial charge in [0.2, 0.25) is 6.73 Å². The summed E-state index contributed by atoms with van der Waals surface area (Å²) in [4.78, 5) is 24.1. The topological polar surface area (TPSA) is 87.9 Å². The van der Waals surface area contributed by atoms with Crippen LogP contribution in [0.25, 0.3) is 11.0 Å². The van der Waals surface area contributed by atoms with E-state index >= 15 is 0 Å². The van der Waals surface area contributed by atoms with Gasteiger partial charge in [-0.15, -0.1) is 0 Å². The molecule has 0 bridgehead atoms. The van der Waals surface area contributed by atoms with Gasteiger partial charge in [-0.2, -0.15) is 0 Å². The maximum atomic E-state index is 13.6. The predicted octanol–water partition coefficient (Wildman–Crippen LogP) is 6.42. The van der Waals surface area contributed by atoms with E-state index in [4.69, 9.17) is 18.7 Å². The summed E-state index contributed by atoms with van der Waals surface area (Å²) in [5.74, 6) is 0.787. The maximum Gasteiger partial charge on any atom is 0.310 e. The molecule has 9 heteroatoms. The lowest BCUT2D eigenvalue weighted by molar-refractivity contribution is -0.948. The predicted molar refractivity (Wildman–Crippen MR) is 149 cm³/mol. The van der Waals surface area contributed by atoms with Gasteiger partial charge in [0.15, 0.2) is 22.9 Å². The number of methoxy groups -OCH3 is 1. The van der Waals surface area contributed by atoms with Gasteiger partial charge in [-0.3, -0.25) is 14.1 Å². The number of Topliss-reactive ketones (excluding diaryl/α,β-unsaturated/α-hetero) is 1. The lowest BCUT2D eigenvalue weighted by atomic mass is 9.90. The third kappa shape index (κ3) is 7.38. The molecule has 2 aromatic carbocycles. The number of aromatic nitrogens is 1. The minimum absolute atomic E-state index is 0.0327. The quantitative estimate of drug-likeness (QED) is 0.0981. The van der Waals surface area contributed by atoms with Crippen LogP contribution < -0.4 is 9.47 Å². The summed E-state index contributed by atoms with van der Waals surface area (Å²) in [6.07, 6.45) is 5.82. The van der Waals surface area contributed by atoms with Gasteiger partial charge in [0.05, 0.1) is 39.0 Å². The van der Waals surface area contributed by atoms with E-state index in [1.165, 1.54) is 19.1 Å². The first-order valence-corrected chi connectivity index (χ1v) is 14.2. The zero-order valence-electron chi connectivity index (χ0n) is 23.7. The van der Waals surface area contributed by atoms with Crippen molar-refractivity contribution in [2.75, 3.05) is 40.1 Å². The molecule has 0 radical (unpaired) electrons. The van der Waals surface area contributed by atoms with Crippen LogP contribution in [0.4, 0.5) is 4.39 Å². The second-order valence-corrected chi connectivity index (χ2v) is 10.7. The van der Waals surface area contributed by atoms with Gasteiger partial charge in [-0.25, -0.2) is 4.39 Å². The summed E-state index contributed by atoms with van der Waals surface area (Å²) in [6, 6.07) is 9.73. The van der Waals surface area contributed by atoms with Crippen LogP contribution in [0.1, 0.15) is 80.8 Å². The van der Waals surface area contributed by atoms with E-state index in [2.05, 4.69) is 12.1 Å². The Morgan fingerprint density at radius 3 is 2.60 bits per heavy atom. The molecule has 1 fully saturated rings. The first kappa shape index (κ1) is 29.5. The van der Waals surface area contributed by atoms with Gasteiger partial charge >= 0.3 is 5.97 Å². The second-order valence-electron chi connectivity index (χ2n) is 10.7. The Hall–Kier alpha value is -3.46. The number of unbranched alkanes of at least 4 members (excludes halogenated alkanes) is 2. The Kier molecular flexibility index (Phi) is 10.1. The number of carbonyl (C=O) groups excluding carboxylic acids is 2. The molecule has 4 rings (SSSR count). The van der Waals surface area contributed by atoms with Crippen molar-refractivity contribution < 1.29 is 37.2 Å². The normalized spacial score (nSPS) is 18.9. The van der Waals surface area contributed by atoms with Gasteiger partial charge in [0.1, 0.15) is 5.82 Å². The number of ether oxygens (including phenoxy) is 3. The van der Waals surface area contributed by atoms with E-state index in [1.54, 1.807) is 31.4 Å². The van der Waals surface area contributed by atoms with E-state index in [1.807, 2.05) is 0 Å². The number of likely N-dealkylation sites (tertiary alicyclic amines) is 1. The number of esters is 1. The molecule has 0 unspecified atom stereocenters. The number of hydrogen-bond acceptors (Lipinski definition) is 7. The molecule has 0 spiro atoms. The maximum absolute atomic E-state index is 13.6. The molecule has 1 saturated heterocycles. The van der Waals surface area contributed by atoms with E-state index in [-0.39, 0.29) is 23.5 Å². The summed E-state index contributed by atoms with van der Waals surface area (Å²) < 4.78 is 36.9. The lowest BCUT2D eigenvalue weighted by Gasteiger charge is -2.42. The highest BCUT2D eigenvalue weighted by Crippen LogP contribution is 2.35. The number of benzene rings is 2. The van der Waals surface area contributed by atoms with Crippen molar-refractivity contribution in [1.82, 2.24) is 5.16 Å². The molecular weight excluding hydrogens is 515 g/mol. The van der Waals surface area contributed by atoms with Crippen LogP contribution in [0.2, 0.25) is 0 Å². The molecule has 216 valence electrons. The summed E-state index contributed by atoms with van der Waals surface area (Å²) in [6.45, 7) is 6.84. The molecule has 0 amide bonds. The molecule has 1 aliphatic heterocycles. The number of carbonyl (C=O) groups is 2. The van der Waals surface area contributed by atoms with E-state index in [0.717, 1.165) is 69.2 Å². The first-order valence-electron chi connectivity index (χ1n) is 14.2. The molecule has 0 saturated carbocycles. The average molecular weight is 556 g/mol. The molecule has 2 heterocycles. The van der Waals surface area contributed by atoms with Crippen LogP contribution in [0.3, 0.4) is 0 Å². The molecule has 3 aromatic rings. The van der Waals surface area contributed by atoms with E-state index in [9.17, 15) is 14.0 Å². The zero-order chi connectivity index (χ0) is 28.5. The van der Waals surface area contributed by atoms with Crippen molar-refractivity contribution in [3.8, 4) is 11.5 Å². The van der Waals surface area contributed by atoms with Gasteiger partial charge in [-0.1, -0.05) is 24.9 Å². The molecule has 40 heavy (non-hydrogen) atoms. The summed E-state index contributed by atoms with van der Waals surface area (Å²) in [5.41, 5.74) is 1.91. The highest BCUT2D eigenvalue weighted by Gasteiger charge is 2.37. The smallest absolute Gasteiger partial charge is 0.310 e. The first-order chi connectivity index (χ1) is 19.3. The van der Waals surface area contributed by atoms with Crippen LogP contribution in [0.5, 0.6) is 11.5 Å². The summed E-state index contributed by atoms with van der Waals surface area (Å²) in [5, 5.41) is 5.13. The van der Waals surface area contributed by atoms with Crippen molar-refractivity contribution in [3.63, 3.8) is 0 Å². The van der Waals surface area contributed by atoms with Crippen LogP contribution in [-0.2, 0) is 9.53 Å². The Morgan fingerprint density at radius 2 is 1.88 bits per heavy atom. The molecule has 1 aliphatic rings. The molecule has 0 N–H and O–H groups in total. The van der Waals surface area contributed by atoms with Crippen molar-refractivity contribution in [1.29, 1.82) is 0 Å². The number of hydrogen-bond donors (Lipinski definition) is 0. The Bertz CT molecular complexity index is 1300. The minimum atomic E-state index is -0.343. The van der Waals surface area contributed by atoms with Crippen molar-refractivity contribution in [2.24, 2.45) is 0 Å². The number of ketones is 1. The Balaban J connectivity index is 1.39. The van der Waals surface area contributed by atoms with Crippen LogP contribution in [0.15, 0.2) is 40.9 Å². The van der Waals surface area contributed by atoms with Crippen molar-refractivity contribution in [3.05, 3.63) is 53.5 Å². The Labute approximate surface area is 234 Å². The van der Waals surface area contributed by atoms with Gasteiger partial charge < -0.3 is 18.7 Å². The van der Waals surface area contributed by atoms with Crippen molar-refractivity contribution >= 4 is 22.7 Å². The average Bonchev–Trinajstić information content (AvgIpc) is 3.37. The van der Waals surface area contributed by atoms with Gasteiger partial charge in [0.25, 0.3) is 0 Å². The van der Waals surface area contributed by atoms with Crippen molar-refractivity contribution in [2.45, 2.75) is 64.7 Å². The van der Waals surface area contributed by atoms with Gasteiger partial charge in [-0.05, 0) is 43.7 Å². The molecular formula is C31H40FN2O6+. The van der Waals surface area contributed by atoms with E-state index in [0.29, 0.717) is 46.9 Å². The molecule has 8 nitrogen and oxygen atoms in total. The Morgan fingerprint density at radius 1 is 1.07 bits per heavy atom. The fourth-order valence-electron chi connectivity index (χ4n) is 5.42. The molecule has 1 aromatic heterocycles. The third-order valence-corrected chi connectivity index (χ3v) is 7.84. The third-order valence-electron chi connectivity index (χ3n) is 7.84. The summed E-state index contributed by atoms with van der Waals surface area (Å²) in [7, 11) is 1.56. The highest BCUT2D eigenvalue weighted by molar-refractivity contribution is 5.94. The van der Waals surface area contributed by atoms with Gasteiger partial charge in [0, 0.05) is 48.6 Å². The SMILES string of the molecule is CCCCCC(=O)OC[N+]1(CCCOc2ccc(C(C)=O)cc2OC)CCC(c2noc3cc(F)ccc23)CC1. The number of rotatable bonds is 14. The standard InChI is InChI=1S/C31H40FN2O6/c1-4-5-6-8-30(36)39-21-34(15-7-18-38-27-12-9-24(22(2)35)19-29(27)37-3)16-13-23(14-17-34)31-26-11-10-25(32)20-28(26)40-33-31/h9-12,19-20,23H,4-8,13-18,21H2,1-3H3/q+1. The zero-order valence-corrected chi connectivity index (χ0v) is 23.7. The highest BCUT2D eigenvalue weighted by atomic mass is 19.1. The molecule has 0 aliphatic carbocycles. The number of halogens is 1. The fraction of sp³-hybridized carbons (Fsp3) is 0.516. The minimum Gasteiger partial charge on any atom is -0.493 e. The number of nitrogens with zero attached hydrogens (tertiary/aromatic N) is 2. The lowest BCUT2D eigenvalue weighted by Crippen LogP contribution is -2.55. The van der Waals surface area contributed by atoms with Crippen LogP contribution in [0, 0.1) is 5.82 Å². The molecule has 0 atom stereocenters. The van der Waals surface area contributed by atoms with Crippen LogP contribution in [-0.4, -0.2) is 61.5 Å². The summed E-state index contributed by atoms with van der Waals surface area (Å²) >= 11 is 0. The monoisotopic (exact) mass is 555 g/mol. The van der Waals surface area contributed by atoms with E-state index < -0.39 is 0 Å². The van der Waals surface area contributed by atoms with Crippen LogP contribution >= 0.6 is 0 Å². The number of quaternary nitrogens is 1. The number of piperidine rings is 1. The largest absolute Gasteiger partial charge is 0.493 e. The fourth-order valence-corrected chi connectivity index (χ4v) is 5.42. The second kappa shape index (κ2) is 13.7. The number of fused-ring (bicyclic) bond motifs is 1.